The van der Waals surface area contributed by atoms with E-state index < -0.39 is 9.84 Å². The van der Waals surface area contributed by atoms with Crippen LogP contribution in [0.1, 0.15) is 24.5 Å². The smallest absolute Gasteiger partial charge is 0.292 e. The molecule has 0 amide bonds. The minimum atomic E-state index is -2.89. The monoisotopic (exact) mass is 216 g/mol. The lowest BCUT2D eigenvalue weighted by atomic mass is 10.0. The van der Waals surface area contributed by atoms with Crippen molar-refractivity contribution in [2.45, 2.75) is 18.8 Å². The summed E-state index contributed by atoms with van der Waals surface area (Å²) in [7, 11) is -2.89. The van der Waals surface area contributed by atoms with Crippen LogP contribution in [0.3, 0.4) is 0 Å². The predicted octanol–water partition coefficient (Wildman–Crippen LogP) is 0.549. The molecule has 2 N–H and O–H groups in total. The van der Waals surface area contributed by atoms with Crippen molar-refractivity contribution in [3.8, 4) is 0 Å². The van der Waals surface area contributed by atoms with Crippen LogP contribution in [0, 0.1) is 0 Å². The quantitative estimate of drug-likeness (QED) is 0.740. The molecule has 1 aromatic heterocycles. The Labute approximate surface area is 82.2 Å². The molecular weight excluding hydrogens is 204 g/mol. The zero-order valence-electron chi connectivity index (χ0n) is 7.64. The van der Waals surface area contributed by atoms with Gasteiger partial charge in [0.25, 0.3) is 6.01 Å². The van der Waals surface area contributed by atoms with Crippen molar-refractivity contribution in [2.24, 2.45) is 0 Å². The topological polar surface area (TPSA) is 86.2 Å². The molecular formula is C8H12N2O3S. The average Bonchev–Trinajstić information content (AvgIpc) is 2.50. The molecule has 1 aliphatic heterocycles. The van der Waals surface area contributed by atoms with E-state index in [-0.39, 0.29) is 23.4 Å². The molecule has 1 aliphatic rings. The van der Waals surface area contributed by atoms with E-state index in [9.17, 15) is 8.42 Å². The molecule has 1 saturated heterocycles. The molecule has 0 aromatic carbocycles. The second kappa shape index (κ2) is 3.27. The number of nitrogens with two attached hydrogens (primary N) is 1. The number of sulfone groups is 1. The van der Waals surface area contributed by atoms with Gasteiger partial charge in [-0.25, -0.2) is 8.42 Å². The summed E-state index contributed by atoms with van der Waals surface area (Å²) in [5.74, 6) is 0.408. The molecule has 14 heavy (non-hydrogen) atoms. The molecule has 0 spiro atoms. The third kappa shape index (κ3) is 1.89. The number of aromatic nitrogens is 1. The molecule has 6 heteroatoms. The maximum atomic E-state index is 11.4. The summed E-state index contributed by atoms with van der Waals surface area (Å²) in [6.45, 7) is 0. The van der Waals surface area contributed by atoms with Gasteiger partial charge in [-0.2, -0.15) is 4.98 Å². The number of rotatable bonds is 1. The Hall–Kier alpha value is -1.04. The molecule has 1 aromatic rings. The third-order valence-corrected chi connectivity index (χ3v) is 4.24. The van der Waals surface area contributed by atoms with Crippen LogP contribution in [-0.2, 0) is 9.84 Å². The Balaban J connectivity index is 2.20. The van der Waals surface area contributed by atoms with Gasteiger partial charge in [-0.3, -0.25) is 0 Å². The Morgan fingerprint density at radius 2 is 2.36 bits per heavy atom. The van der Waals surface area contributed by atoms with E-state index >= 15 is 0 Å². The van der Waals surface area contributed by atoms with Gasteiger partial charge >= 0.3 is 0 Å². The molecule has 1 atom stereocenters. The predicted molar refractivity (Wildman–Crippen MR) is 51.5 cm³/mol. The Morgan fingerprint density at radius 1 is 1.57 bits per heavy atom. The Kier molecular flexibility index (Phi) is 2.22. The highest BCUT2D eigenvalue weighted by molar-refractivity contribution is 7.91. The first-order valence-electron chi connectivity index (χ1n) is 4.48. The molecule has 0 radical (unpaired) electrons. The fourth-order valence-electron chi connectivity index (χ4n) is 1.74. The van der Waals surface area contributed by atoms with Gasteiger partial charge in [-0.1, -0.05) is 0 Å². The summed E-state index contributed by atoms with van der Waals surface area (Å²) in [5, 5.41) is 0. The SMILES string of the molecule is Nc1nc(C2CCCS(=O)(=O)C2)co1. The van der Waals surface area contributed by atoms with Gasteiger partial charge in [0.05, 0.1) is 17.2 Å². The first-order valence-corrected chi connectivity index (χ1v) is 6.30. The maximum absolute atomic E-state index is 11.4. The van der Waals surface area contributed by atoms with Crippen molar-refractivity contribution in [2.75, 3.05) is 17.2 Å². The third-order valence-electron chi connectivity index (χ3n) is 2.42. The van der Waals surface area contributed by atoms with Crippen molar-refractivity contribution in [1.82, 2.24) is 4.98 Å². The van der Waals surface area contributed by atoms with Gasteiger partial charge in [0, 0.05) is 5.92 Å². The molecule has 0 aliphatic carbocycles. The second-order valence-corrected chi connectivity index (χ2v) is 5.79. The van der Waals surface area contributed by atoms with Crippen molar-refractivity contribution in [3.63, 3.8) is 0 Å². The number of nitrogen functional groups attached to an aromatic ring is 1. The number of oxazole rings is 1. The maximum Gasteiger partial charge on any atom is 0.292 e. The summed E-state index contributed by atoms with van der Waals surface area (Å²) in [6, 6.07) is 0.1000. The number of nitrogens with zero attached hydrogens (tertiary/aromatic N) is 1. The first-order chi connectivity index (χ1) is 6.57. The van der Waals surface area contributed by atoms with Crippen LogP contribution in [-0.4, -0.2) is 24.9 Å². The van der Waals surface area contributed by atoms with Gasteiger partial charge < -0.3 is 10.2 Å². The molecule has 1 unspecified atom stereocenters. The van der Waals surface area contributed by atoms with Crippen molar-refractivity contribution >= 4 is 15.9 Å². The zero-order chi connectivity index (χ0) is 10.2. The summed E-state index contributed by atoms with van der Waals surface area (Å²) < 4.78 is 27.6. The van der Waals surface area contributed by atoms with Crippen LogP contribution in [0.25, 0.3) is 0 Å². The summed E-state index contributed by atoms with van der Waals surface area (Å²) >= 11 is 0. The Morgan fingerprint density at radius 3 is 2.93 bits per heavy atom. The minimum Gasteiger partial charge on any atom is -0.432 e. The highest BCUT2D eigenvalue weighted by Crippen LogP contribution is 2.27. The van der Waals surface area contributed by atoms with E-state index in [2.05, 4.69) is 4.98 Å². The van der Waals surface area contributed by atoms with Crippen molar-refractivity contribution in [1.29, 1.82) is 0 Å². The standard InChI is InChI=1S/C8H12N2O3S/c9-8-10-7(4-13-8)6-2-1-3-14(11,12)5-6/h4,6H,1-3,5H2,(H2,9,10). The van der Waals surface area contributed by atoms with E-state index in [1.54, 1.807) is 0 Å². The van der Waals surface area contributed by atoms with Crippen LogP contribution in [0.2, 0.25) is 0 Å². The van der Waals surface area contributed by atoms with Gasteiger partial charge in [-0.05, 0) is 12.8 Å². The van der Waals surface area contributed by atoms with Crippen molar-refractivity contribution in [3.05, 3.63) is 12.0 Å². The van der Waals surface area contributed by atoms with Crippen LogP contribution < -0.4 is 5.73 Å². The normalized spacial score (nSPS) is 26.1. The first kappa shape index (κ1) is 9.51. The highest BCUT2D eigenvalue weighted by Gasteiger charge is 2.27. The number of anilines is 1. The van der Waals surface area contributed by atoms with E-state index in [0.29, 0.717) is 12.1 Å². The number of hydrogen-bond acceptors (Lipinski definition) is 5. The lowest BCUT2D eigenvalue weighted by Crippen LogP contribution is -2.23. The van der Waals surface area contributed by atoms with Crippen LogP contribution in [0.15, 0.2) is 10.7 Å². The van der Waals surface area contributed by atoms with Gasteiger partial charge in [0.15, 0.2) is 9.84 Å². The summed E-state index contributed by atoms with van der Waals surface area (Å²) in [5.41, 5.74) is 5.98. The molecule has 0 bridgehead atoms. The Bertz CT molecular complexity index is 424. The fourth-order valence-corrected chi connectivity index (χ4v) is 3.47. The van der Waals surface area contributed by atoms with E-state index in [1.807, 2.05) is 0 Å². The van der Waals surface area contributed by atoms with Crippen molar-refractivity contribution < 1.29 is 12.8 Å². The average molecular weight is 216 g/mol. The molecule has 78 valence electrons. The van der Waals surface area contributed by atoms with Gasteiger partial charge in [0.2, 0.25) is 0 Å². The van der Waals surface area contributed by atoms with E-state index in [0.717, 1.165) is 6.42 Å². The largest absolute Gasteiger partial charge is 0.432 e. The lowest BCUT2D eigenvalue weighted by molar-refractivity contribution is 0.544. The van der Waals surface area contributed by atoms with E-state index in [4.69, 9.17) is 10.2 Å². The van der Waals surface area contributed by atoms with Gasteiger partial charge in [-0.15, -0.1) is 0 Å². The molecule has 0 saturated carbocycles. The molecule has 2 rings (SSSR count). The van der Waals surface area contributed by atoms with Crippen LogP contribution >= 0.6 is 0 Å². The fraction of sp³-hybridized carbons (Fsp3) is 0.625. The summed E-state index contributed by atoms with van der Waals surface area (Å²) in [4.78, 5) is 3.95. The highest BCUT2D eigenvalue weighted by atomic mass is 32.2. The lowest BCUT2D eigenvalue weighted by Gasteiger charge is -2.19. The van der Waals surface area contributed by atoms with Crippen LogP contribution in [0.4, 0.5) is 6.01 Å². The zero-order valence-corrected chi connectivity index (χ0v) is 8.46. The summed E-state index contributed by atoms with van der Waals surface area (Å²) in [6.07, 6.45) is 2.98. The molecule has 5 nitrogen and oxygen atoms in total. The van der Waals surface area contributed by atoms with Gasteiger partial charge in [0.1, 0.15) is 6.26 Å². The molecule has 2 heterocycles. The molecule has 1 fully saturated rings. The van der Waals surface area contributed by atoms with Crippen LogP contribution in [0.5, 0.6) is 0 Å². The number of hydrogen-bond donors (Lipinski definition) is 1. The van der Waals surface area contributed by atoms with E-state index in [1.165, 1.54) is 6.26 Å². The minimum absolute atomic E-state index is 0.0465. The second-order valence-electron chi connectivity index (χ2n) is 3.56.